The lowest BCUT2D eigenvalue weighted by Gasteiger charge is -2.22. The van der Waals surface area contributed by atoms with Crippen molar-refractivity contribution in [1.82, 2.24) is 4.72 Å². The predicted octanol–water partition coefficient (Wildman–Crippen LogP) is 2.62. The van der Waals surface area contributed by atoms with Crippen molar-refractivity contribution in [2.75, 3.05) is 12.3 Å². The molecule has 0 aliphatic heterocycles. The minimum atomic E-state index is -3.29. The van der Waals surface area contributed by atoms with Crippen LogP contribution in [0.4, 0.5) is 0 Å². The molecule has 0 radical (unpaired) electrons. The Morgan fingerprint density at radius 3 is 2.38 bits per heavy atom. The largest absolute Gasteiger partial charge is 0.481 e. The van der Waals surface area contributed by atoms with Crippen molar-refractivity contribution < 1.29 is 18.3 Å². The molecule has 124 valence electrons. The van der Waals surface area contributed by atoms with Crippen LogP contribution in [0, 0.1) is 17.8 Å². The summed E-state index contributed by atoms with van der Waals surface area (Å²) < 4.78 is 26.9. The third-order valence-electron chi connectivity index (χ3n) is 4.04. The molecule has 0 heterocycles. The average Bonchev–Trinajstić information content (AvgIpc) is 2.35. The molecule has 1 saturated carbocycles. The van der Waals surface area contributed by atoms with E-state index in [1.54, 1.807) is 0 Å². The van der Waals surface area contributed by atoms with Crippen LogP contribution in [0.25, 0.3) is 0 Å². The first-order chi connectivity index (χ1) is 9.78. The maximum absolute atomic E-state index is 12.1. The number of carbonyl (C=O) groups is 1. The van der Waals surface area contributed by atoms with E-state index in [-0.39, 0.29) is 30.6 Å². The molecule has 0 amide bonds. The predicted molar refractivity (Wildman–Crippen MR) is 83.6 cm³/mol. The molecule has 0 saturated heterocycles. The van der Waals surface area contributed by atoms with E-state index in [1.807, 2.05) is 13.8 Å². The fourth-order valence-electron chi connectivity index (χ4n) is 3.12. The van der Waals surface area contributed by atoms with Gasteiger partial charge in [0.15, 0.2) is 0 Å². The van der Waals surface area contributed by atoms with Gasteiger partial charge in [0.25, 0.3) is 0 Å². The maximum Gasteiger partial charge on any atom is 0.303 e. The number of aliphatic carboxylic acids is 1. The van der Waals surface area contributed by atoms with Crippen LogP contribution in [0.5, 0.6) is 0 Å². The molecule has 6 heteroatoms. The average molecular weight is 319 g/mol. The van der Waals surface area contributed by atoms with Gasteiger partial charge in [-0.3, -0.25) is 4.79 Å². The van der Waals surface area contributed by atoms with Gasteiger partial charge in [-0.1, -0.05) is 33.1 Å². The number of rotatable bonds is 9. The Labute approximate surface area is 128 Å². The Hall–Kier alpha value is -0.620. The van der Waals surface area contributed by atoms with Gasteiger partial charge >= 0.3 is 5.97 Å². The highest BCUT2D eigenvalue weighted by atomic mass is 32.2. The van der Waals surface area contributed by atoms with Crippen LogP contribution < -0.4 is 4.72 Å². The molecule has 0 aromatic heterocycles. The van der Waals surface area contributed by atoms with Gasteiger partial charge in [-0.2, -0.15) is 0 Å². The van der Waals surface area contributed by atoms with E-state index < -0.39 is 16.0 Å². The Morgan fingerprint density at radius 2 is 1.86 bits per heavy atom. The topological polar surface area (TPSA) is 83.5 Å². The number of nitrogens with one attached hydrogen (secondary N) is 1. The highest BCUT2D eigenvalue weighted by molar-refractivity contribution is 7.89. The zero-order valence-electron chi connectivity index (χ0n) is 13.2. The fourth-order valence-corrected chi connectivity index (χ4v) is 4.68. The van der Waals surface area contributed by atoms with Gasteiger partial charge in [0.05, 0.1) is 5.75 Å². The van der Waals surface area contributed by atoms with Crippen molar-refractivity contribution in [3.05, 3.63) is 0 Å². The molecule has 2 N–H and O–H groups in total. The van der Waals surface area contributed by atoms with Crippen LogP contribution in [0.15, 0.2) is 0 Å². The van der Waals surface area contributed by atoms with E-state index in [9.17, 15) is 13.2 Å². The van der Waals surface area contributed by atoms with Crippen molar-refractivity contribution in [2.45, 2.75) is 58.8 Å². The number of sulfonamides is 1. The summed E-state index contributed by atoms with van der Waals surface area (Å²) in [5, 5.41) is 8.91. The van der Waals surface area contributed by atoms with E-state index in [0.29, 0.717) is 5.92 Å². The third kappa shape index (κ3) is 8.41. The molecule has 1 aliphatic rings. The van der Waals surface area contributed by atoms with E-state index in [1.165, 1.54) is 6.42 Å². The maximum atomic E-state index is 12.1. The van der Waals surface area contributed by atoms with Crippen LogP contribution in [0.2, 0.25) is 0 Å². The SMILES string of the molecule is CC(C)CC(CNS(=O)(=O)CC1CCCCC1)CC(=O)O. The van der Waals surface area contributed by atoms with E-state index in [2.05, 4.69) is 4.72 Å². The van der Waals surface area contributed by atoms with Gasteiger partial charge in [-0.05, 0) is 37.0 Å². The van der Waals surface area contributed by atoms with Crippen LogP contribution >= 0.6 is 0 Å². The molecule has 0 aromatic carbocycles. The third-order valence-corrected chi connectivity index (χ3v) is 5.56. The zero-order valence-corrected chi connectivity index (χ0v) is 14.0. The Balaban J connectivity index is 2.45. The molecule has 0 spiro atoms. The molecule has 0 aromatic rings. The quantitative estimate of drug-likeness (QED) is 0.684. The molecule has 1 unspecified atom stereocenters. The fraction of sp³-hybridized carbons (Fsp3) is 0.933. The van der Waals surface area contributed by atoms with Crippen molar-refractivity contribution in [3.63, 3.8) is 0 Å². The number of carboxylic acids is 1. The molecule has 21 heavy (non-hydrogen) atoms. The highest BCUT2D eigenvalue weighted by Gasteiger charge is 2.23. The molecule has 1 fully saturated rings. The minimum Gasteiger partial charge on any atom is -0.481 e. The summed E-state index contributed by atoms with van der Waals surface area (Å²) in [4.78, 5) is 10.9. The molecule has 1 aliphatic carbocycles. The lowest BCUT2D eigenvalue weighted by Crippen LogP contribution is -2.35. The van der Waals surface area contributed by atoms with Crippen LogP contribution in [0.3, 0.4) is 0 Å². The second-order valence-corrected chi connectivity index (χ2v) is 8.58. The van der Waals surface area contributed by atoms with Gasteiger partial charge in [0, 0.05) is 13.0 Å². The Morgan fingerprint density at radius 1 is 1.24 bits per heavy atom. The summed E-state index contributed by atoms with van der Waals surface area (Å²) in [5.74, 6) is -0.193. The summed E-state index contributed by atoms with van der Waals surface area (Å²) in [6.45, 7) is 4.27. The second kappa shape index (κ2) is 8.73. The minimum absolute atomic E-state index is 0.0180. The summed E-state index contributed by atoms with van der Waals surface area (Å²) >= 11 is 0. The van der Waals surface area contributed by atoms with Gasteiger partial charge in [-0.15, -0.1) is 0 Å². The lowest BCUT2D eigenvalue weighted by atomic mass is 9.91. The molecule has 1 atom stereocenters. The zero-order chi connectivity index (χ0) is 15.9. The highest BCUT2D eigenvalue weighted by Crippen LogP contribution is 2.24. The van der Waals surface area contributed by atoms with Crippen LogP contribution in [0.1, 0.15) is 58.8 Å². The Bertz CT molecular complexity index is 413. The second-order valence-electron chi connectivity index (χ2n) is 6.73. The van der Waals surface area contributed by atoms with E-state index >= 15 is 0 Å². The molecule has 1 rings (SSSR count). The number of carboxylic acid groups (broad SMARTS) is 1. The van der Waals surface area contributed by atoms with E-state index in [4.69, 9.17) is 5.11 Å². The molecule has 5 nitrogen and oxygen atoms in total. The van der Waals surface area contributed by atoms with Gasteiger partial charge in [0.1, 0.15) is 0 Å². The number of hydrogen-bond donors (Lipinski definition) is 2. The van der Waals surface area contributed by atoms with E-state index in [0.717, 1.165) is 32.1 Å². The van der Waals surface area contributed by atoms with Gasteiger partial charge in [-0.25, -0.2) is 13.1 Å². The molecular weight excluding hydrogens is 290 g/mol. The first-order valence-corrected chi connectivity index (χ1v) is 9.63. The van der Waals surface area contributed by atoms with Crippen molar-refractivity contribution >= 4 is 16.0 Å². The van der Waals surface area contributed by atoms with Crippen LogP contribution in [-0.4, -0.2) is 31.8 Å². The molecular formula is C15H29NO4S. The normalized spacial score (nSPS) is 18.8. The standard InChI is InChI=1S/C15H29NO4S/c1-12(2)8-14(9-15(17)18)10-16-21(19,20)11-13-6-4-3-5-7-13/h12-14,16H,3-11H2,1-2H3,(H,17,18). The monoisotopic (exact) mass is 319 g/mol. The van der Waals surface area contributed by atoms with Crippen LogP contribution in [-0.2, 0) is 14.8 Å². The first kappa shape index (κ1) is 18.4. The summed E-state index contributed by atoms with van der Waals surface area (Å²) in [5.41, 5.74) is 0. The van der Waals surface area contributed by atoms with Crippen molar-refractivity contribution in [1.29, 1.82) is 0 Å². The van der Waals surface area contributed by atoms with Gasteiger partial charge in [0.2, 0.25) is 10.0 Å². The smallest absolute Gasteiger partial charge is 0.303 e. The van der Waals surface area contributed by atoms with Crippen molar-refractivity contribution in [2.24, 2.45) is 17.8 Å². The lowest BCUT2D eigenvalue weighted by molar-refractivity contribution is -0.138. The Kier molecular flexibility index (Phi) is 7.66. The van der Waals surface area contributed by atoms with Gasteiger partial charge < -0.3 is 5.11 Å². The van der Waals surface area contributed by atoms with Crippen molar-refractivity contribution in [3.8, 4) is 0 Å². The first-order valence-electron chi connectivity index (χ1n) is 7.97. The molecule has 0 bridgehead atoms. The summed E-state index contributed by atoms with van der Waals surface area (Å²) in [6, 6.07) is 0. The summed E-state index contributed by atoms with van der Waals surface area (Å²) in [7, 11) is -3.29. The summed E-state index contributed by atoms with van der Waals surface area (Å²) in [6.07, 6.45) is 6.17. The number of hydrogen-bond acceptors (Lipinski definition) is 3.